The summed E-state index contributed by atoms with van der Waals surface area (Å²) in [4.78, 5) is 24.3. The Morgan fingerprint density at radius 3 is 2.40 bits per heavy atom. The first-order chi connectivity index (χ1) is 9.40. The van der Waals surface area contributed by atoms with E-state index in [1.807, 2.05) is 30.3 Å². The van der Waals surface area contributed by atoms with Gasteiger partial charge in [0.2, 0.25) is 0 Å². The van der Waals surface area contributed by atoms with Crippen molar-refractivity contribution in [3.8, 4) is 0 Å². The maximum atomic E-state index is 12.2. The van der Waals surface area contributed by atoms with Crippen LogP contribution in [-0.4, -0.2) is 40.8 Å². The molecule has 0 saturated heterocycles. The molecule has 1 rings (SSSR count). The van der Waals surface area contributed by atoms with E-state index in [0.29, 0.717) is 6.54 Å². The summed E-state index contributed by atoms with van der Waals surface area (Å²) in [6.07, 6.45) is -2.65. The molecule has 0 heterocycles. The second-order valence-corrected chi connectivity index (χ2v) is 4.63. The van der Waals surface area contributed by atoms with E-state index in [1.165, 1.54) is 11.8 Å². The fourth-order valence-electron chi connectivity index (χ4n) is 1.84. The molecule has 0 saturated carbocycles. The quantitative estimate of drug-likeness (QED) is 0.809. The number of carbonyl (C=O) groups is 2. The minimum absolute atomic E-state index is 0.153. The van der Waals surface area contributed by atoms with Crippen LogP contribution < -0.4 is 5.73 Å². The molecule has 2 amide bonds. The highest BCUT2D eigenvalue weighted by atomic mass is 16.6. The van der Waals surface area contributed by atoms with Crippen molar-refractivity contribution in [3.05, 3.63) is 35.9 Å². The normalized spacial score (nSPS) is 13.3. The molecule has 6 heteroatoms. The third-order valence-electron chi connectivity index (χ3n) is 2.65. The van der Waals surface area contributed by atoms with E-state index < -0.39 is 24.2 Å². The van der Waals surface area contributed by atoms with Crippen molar-refractivity contribution in [1.29, 1.82) is 0 Å². The summed E-state index contributed by atoms with van der Waals surface area (Å²) in [6, 6.07) is 9.36. The van der Waals surface area contributed by atoms with Gasteiger partial charge >= 0.3 is 6.09 Å². The Labute approximate surface area is 118 Å². The van der Waals surface area contributed by atoms with E-state index in [0.717, 1.165) is 5.56 Å². The predicted molar refractivity (Wildman–Crippen MR) is 73.7 cm³/mol. The lowest BCUT2D eigenvalue weighted by Gasteiger charge is -2.26. The zero-order valence-electron chi connectivity index (χ0n) is 11.7. The average Bonchev–Trinajstić information content (AvgIpc) is 2.37. The van der Waals surface area contributed by atoms with E-state index >= 15 is 0 Å². The van der Waals surface area contributed by atoms with Gasteiger partial charge in [-0.3, -0.25) is 4.79 Å². The third kappa shape index (κ3) is 5.27. The monoisotopic (exact) mass is 280 g/mol. The maximum Gasteiger partial charge on any atom is 0.405 e. The summed E-state index contributed by atoms with van der Waals surface area (Å²) < 4.78 is 4.68. The van der Waals surface area contributed by atoms with Crippen molar-refractivity contribution in [2.24, 2.45) is 5.73 Å². The van der Waals surface area contributed by atoms with Crippen molar-refractivity contribution < 1.29 is 19.4 Å². The van der Waals surface area contributed by atoms with Gasteiger partial charge in [-0.05, 0) is 19.4 Å². The van der Waals surface area contributed by atoms with Crippen LogP contribution in [-0.2, 0) is 16.1 Å². The highest BCUT2D eigenvalue weighted by Gasteiger charge is 2.24. The van der Waals surface area contributed by atoms with Gasteiger partial charge in [0.05, 0.1) is 6.10 Å². The Morgan fingerprint density at radius 2 is 1.90 bits per heavy atom. The van der Waals surface area contributed by atoms with Crippen LogP contribution in [0.25, 0.3) is 0 Å². The molecule has 0 radical (unpaired) electrons. The van der Waals surface area contributed by atoms with Crippen molar-refractivity contribution in [1.82, 2.24) is 4.90 Å². The summed E-state index contributed by atoms with van der Waals surface area (Å²) in [5.74, 6) is -0.395. The number of benzene rings is 1. The van der Waals surface area contributed by atoms with Crippen molar-refractivity contribution in [2.75, 3.05) is 6.54 Å². The SMILES string of the molecule is CC(O)CN(Cc1ccccc1)C(=O)C(C)OC(N)=O. The molecule has 20 heavy (non-hydrogen) atoms. The molecule has 0 aliphatic heterocycles. The first kappa shape index (κ1) is 16.0. The van der Waals surface area contributed by atoms with E-state index in [9.17, 15) is 14.7 Å². The van der Waals surface area contributed by atoms with Crippen LogP contribution >= 0.6 is 0 Å². The molecule has 0 bridgehead atoms. The van der Waals surface area contributed by atoms with E-state index in [-0.39, 0.29) is 6.54 Å². The molecule has 0 spiro atoms. The second-order valence-electron chi connectivity index (χ2n) is 4.63. The number of nitrogens with two attached hydrogens (primary N) is 1. The highest BCUT2D eigenvalue weighted by molar-refractivity contribution is 5.82. The smallest absolute Gasteiger partial charge is 0.405 e. The Morgan fingerprint density at radius 1 is 1.30 bits per heavy atom. The molecule has 2 atom stereocenters. The van der Waals surface area contributed by atoms with Crippen LogP contribution in [0.2, 0.25) is 0 Å². The zero-order chi connectivity index (χ0) is 15.1. The third-order valence-corrected chi connectivity index (χ3v) is 2.65. The summed E-state index contributed by atoms with van der Waals surface area (Å²) in [7, 11) is 0. The number of rotatable bonds is 6. The minimum Gasteiger partial charge on any atom is -0.437 e. The Kier molecular flexibility index (Phi) is 5.99. The van der Waals surface area contributed by atoms with Crippen molar-refractivity contribution >= 4 is 12.0 Å². The molecule has 110 valence electrons. The number of nitrogens with zero attached hydrogens (tertiary/aromatic N) is 1. The molecule has 6 nitrogen and oxygen atoms in total. The van der Waals surface area contributed by atoms with Gasteiger partial charge < -0.3 is 20.5 Å². The van der Waals surface area contributed by atoms with Gasteiger partial charge in [0.25, 0.3) is 5.91 Å². The number of aliphatic hydroxyl groups excluding tert-OH is 1. The topological polar surface area (TPSA) is 92.9 Å². The van der Waals surface area contributed by atoms with Crippen LogP contribution in [0.4, 0.5) is 4.79 Å². The summed E-state index contributed by atoms with van der Waals surface area (Å²) in [5.41, 5.74) is 5.83. The van der Waals surface area contributed by atoms with E-state index in [2.05, 4.69) is 4.74 Å². The number of hydrogen-bond acceptors (Lipinski definition) is 4. The van der Waals surface area contributed by atoms with Gasteiger partial charge in [-0.2, -0.15) is 0 Å². The van der Waals surface area contributed by atoms with Gasteiger partial charge in [-0.1, -0.05) is 30.3 Å². The number of aliphatic hydroxyl groups is 1. The summed E-state index contributed by atoms with van der Waals surface area (Å²) in [5, 5.41) is 9.49. The molecule has 2 unspecified atom stereocenters. The number of hydrogen-bond donors (Lipinski definition) is 2. The van der Waals surface area contributed by atoms with Crippen molar-refractivity contribution in [2.45, 2.75) is 32.6 Å². The number of primary amides is 1. The molecule has 0 aromatic heterocycles. The molecule has 3 N–H and O–H groups in total. The molecule has 0 aliphatic carbocycles. The number of amides is 2. The fourth-order valence-corrected chi connectivity index (χ4v) is 1.84. The van der Waals surface area contributed by atoms with Gasteiger partial charge in [0, 0.05) is 13.1 Å². The Bertz CT molecular complexity index is 448. The molecule has 0 aliphatic rings. The van der Waals surface area contributed by atoms with Gasteiger partial charge in [0.15, 0.2) is 6.10 Å². The van der Waals surface area contributed by atoms with Gasteiger partial charge in [0.1, 0.15) is 0 Å². The average molecular weight is 280 g/mol. The molecule has 1 aromatic rings. The van der Waals surface area contributed by atoms with Crippen LogP contribution in [0, 0.1) is 0 Å². The molecular formula is C14H20N2O4. The van der Waals surface area contributed by atoms with Crippen LogP contribution in [0.15, 0.2) is 30.3 Å². The van der Waals surface area contributed by atoms with E-state index in [1.54, 1.807) is 6.92 Å². The summed E-state index contributed by atoms with van der Waals surface area (Å²) >= 11 is 0. The molecule has 0 fully saturated rings. The second kappa shape index (κ2) is 7.49. The summed E-state index contributed by atoms with van der Waals surface area (Å²) in [6.45, 7) is 3.52. The van der Waals surface area contributed by atoms with Crippen LogP contribution in [0.5, 0.6) is 0 Å². The zero-order valence-corrected chi connectivity index (χ0v) is 11.7. The largest absolute Gasteiger partial charge is 0.437 e. The fraction of sp³-hybridized carbons (Fsp3) is 0.429. The minimum atomic E-state index is -0.998. The van der Waals surface area contributed by atoms with Crippen LogP contribution in [0.3, 0.4) is 0 Å². The molecule has 1 aromatic carbocycles. The lowest BCUT2D eigenvalue weighted by Crippen LogP contribution is -2.43. The standard InChI is InChI=1S/C14H20N2O4/c1-10(17)8-16(9-12-6-4-3-5-7-12)13(18)11(2)20-14(15)19/h3-7,10-11,17H,8-9H2,1-2H3,(H2,15,19). The van der Waals surface area contributed by atoms with Crippen LogP contribution in [0.1, 0.15) is 19.4 Å². The molecular weight excluding hydrogens is 260 g/mol. The van der Waals surface area contributed by atoms with E-state index in [4.69, 9.17) is 5.73 Å². The highest BCUT2D eigenvalue weighted by Crippen LogP contribution is 2.08. The lowest BCUT2D eigenvalue weighted by atomic mass is 10.2. The Hall–Kier alpha value is -2.08. The first-order valence-electron chi connectivity index (χ1n) is 6.37. The number of carbonyl (C=O) groups excluding carboxylic acids is 2. The van der Waals surface area contributed by atoms with Gasteiger partial charge in [-0.15, -0.1) is 0 Å². The lowest BCUT2D eigenvalue weighted by molar-refractivity contribution is -0.141. The van der Waals surface area contributed by atoms with Gasteiger partial charge in [-0.25, -0.2) is 4.79 Å². The predicted octanol–water partition coefficient (Wildman–Crippen LogP) is 0.880. The van der Waals surface area contributed by atoms with Crippen molar-refractivity contribution in [3.63, 3.8) is 0 Å². The number of ether oxygens (including phenoxy) is 1. The maximum absolute atomic E-state index is 12.2. The Balaban J connectivity index is 2.78. The first-order valence-corrected chi connectivity index (χ1v) is 6.37.